The third kappa shape index (κ3) is 6.38. The van der Waals surface area contributed by atoms with E-state index in [0.717, 1.165) is 67.2 Å². The Labute approximate surface area is 261 Å². The first-order valence-corrected chi connectivity index (χ1v) is 13.3. The van der Waals surface area contributed by atoms with Gasteiger partial charge in [0, 0.05) is 12.8 Å². The SMILES string of the molecule is COC(=O)CCc1c(C)c2ccc3nc(c4nc(ccc5[n-]c(c(CCC(=O)OC)c5C)c1[n-]2)C(C)=C4)C=C3C.[Cl-].[Fe+3]. The van der Waals surface area contributed by atoms with E-state index >= 15 is 0 Å². The molecule has 0 unspecified atom stereocenters. The minimum Gasteiger partial charge on any atom is -1.00 e. The van der Waals surface area contributed by atoms with Gasteiger partial charge < -0.3 is 31.8 Å². The summed E-state index contributed by atoms with van der Waals surface area (Å²) in [5, 5.41) is 0. The third-order valence-corrected chi connectivity index (χ3v) is 7.60. The average Bonchev–Trinajstić information content (AvgIpc) is 3.67. The van der Waals surface area contributed by atoms with Gasteiger partial charge >= 0.3 is 29.0 Å². The van der Waals surface area contributed by atoms with Crippen molar-refractivity contribution in [3.8, 4) is 0 Å². The number of nitrogens with zero attached hydrogens (tertiary/aromatic N) is 4. The normalized spacial score (nSPS) is 12.0. The molecule has 3 aromatic rings. The summed E-state index contributed by atoms with van der Waals surface area (Å²) in [6.45, 7) is 8.09. The van der Waals surface area contributed by atoms with Gasteiger partial charge in [0.05, 0.1) is 37.0 Å². The van der Waals surface area contributed by atoms with E-state index in [-0.39, 0.29) is 54.3 Å². The van der Waals surface area contributed by atoms with Crippen LogP contribution in [0.2, 0.25) is 0 Å². The van der Waals surface area contributed by atoms with Crippen LogP contribution in [0, 0.1) is 13.8 Å². The number of carbonyl (C=O) groups excluding carboxylic acids is 2. The van der Waals surface area contributed by atoms with E-state index in [4.69, 9.17) is 29.4 Å². The molecule has 2 aliphatic rings. The number of rotatable bonds is 6. The molecule has 0 N–H and O–H groups in total. The zero-order chi connectivity index (χ0) is 28.6. The van der Waals surface area contributed by atoms with Crippen molar-refractivity contribution in [1.82, 2.24) is 19.9 Å². The Morgan fingerprint density at radius 2 is 1.07 bits per heavy atom. The van der Waals surface area contributed by atoms with Gasteiger partial charge in [-0.3, -0.25) is 9.59 Å². The molecule has 1 radical (unpaired) electrons. The summed E-state index contributed by atoms with van der Waals surface area (Å²) >= 11 is 0. The summed E-state index contributed by atoms with van der Waals surface area (Å²) in [6.07, 6.45) is 5.46. The van der Waals surface area contributed by atoms with E-state index in [1.807, 2.05) is 64.1 Å². The van der Waals surface area contributed by atoms with E-state index in [9.17, 15) is 9.59 Å². The minimum absolute atomic E-state index is 0. The molecule has 0 spiro atoms. The molecule has 5 rings (SSSR count). The number of aromatic nitrogens is 4. The van der Waals surface area contributed by atoms with E-state index < -0.39 is 0 Å². The minimum atomic E-state index is -0.288. The second-order valence-electron chi connectivity index (χ2n) is 10.1. The van der Waals surface area contributed by atoms with Crippen molar-refractivity contribution in [2.45, 2.75) is 53.4 Å². The number of halogens is 1. The van der Waals surface area contributed by atoms with Crippen LogP contribution in [0.4, 0.5) is 0 Å². The molecule has 3 aromatic heterocycles. The van der Waals surface area contributed by atoms with E-state index in [1.165, 1.54) is 14.2 Å². The summed E-state index contributed by atoms with van der Waals surface area (Å²) in [5.74, 6) is -0.576. The average molecular weight is 628 g/mol. The Balaban J connectivity index is 0.00000242. The molecule has 219 valence electrons. The molecule has 0 amide bonds. The summed E-state index contributed by atoms with van der Waals surface area (Å²) in [4.78, 5) is 43.9. The summed E-state index contributed by atoms with van der Waals surface area (Å²) < 4.78 is 9.83. The van der Waals surface area contributed by atoms with Crippen LogP contribution in [0.5, 0.6) is 0 Å². The zero-order valence-corrected chi connectivity index (χ0v) is 26.3. The van der Waals surface area contributed by atoms with Crippen LogP contribution in [0.3, 0.4) is 0 Å². The summed E-state index contributed by atoms with van der Waals surface area (Å²) in [6, 6.07) is 7.87. The van der Waals surface area contributed by atoms with Crippen LogP contribution in [-0.2, 0) is 49.0 Å². The fourth-order valence-electron chi connectivity index (χ4n) is 5.17. The van der Waals surface area contributed by atoms with Crippen molar-refractivity contribution in [2.24, 2.45) is 0 Å². The molecule has 0 saturated carbocycles. The number of fused-ring (bicyclic) bond motifs is 10. The van der Waals surface area contributed by atoms with Gasteiger partial charge in [-0.1, -0.05) is 34.4 Å². The van der Waals surface area contributed by atoms with Crippen LogP contribution < -0.4 is 22.4 Å². The second kappa shape index (κ2) is 13.5. The topological polar surface area (TPSA) is 107 Å². The smallest absolute Gasteiger partial charge is 1.00 e. The third-order valence-electron chi connectivity index (χ3n) is 7.60. The Hall–Kier alpha value is -3.65. The Morgan fingerprint density at radius 3 is 1.43 bits per heavy atom. The van der Waals surface area contributed by atoms with Crippen molar-refractivity contribution in [2.75, 3.05) is 14.2 Å². The quantitative estimate of drug-likeness (QED) is 0.303. The van der Waals surface area contributed by atoms with E-state index in [0.29, 0.717) is 23.9 Å². The first kappa shape index (κ1) is 32.9. The number of hydrogen-bond acceptors (Lipinski definition) is 6. The molecule has 2 aliphatic heterocycles. The molecule has 8 nitrogen and oxygen atoms in total. The molecule has 5 heterocycles. The predicted octanol–water partition coefficient (Wildman–Crippen LogP) is 2.52. The van der Waals surface area contributed by atoms with Gasteiger partial charge in [0.25, 0.3) is 0 Å². The van der Waals surface area contributed by atoms with Crippen molar-refractivity contribution in [3.63, 3.8) is 0 Å². The fourth-order valence-corrected chi connectivity index (χ4v) is 5.17. The molecule has 0 saturated heterocycles. The Morgan fingerprint density at radius 1 is 0.690 bits per heavy atom. The van der Waals surface area contributed by atoms with Crippen molar-refractivity contribution < 1.29 is 48.5 Å². The molecule has 0 aliphatic carbocycles. The maximum Gasteiger partial charge on any atom is 3.00 e. The van der Waals surface area contributed by atoms with Gasteiger partial charge in [0.15, 0.2) is 0 Å². The number of methoxy groups -OCH3 is 2. The first-order valence-electron chi connectivity index (χ1n) is 13.3. The monoisotopic (exact) mass is 627 g/mol. The van der Waals surface area contributed by atoms with Gasteiger partial charge in [-0.25, -0.2) is 9.97 Å². The van der Waals surface area contributed by atoms with Crippen molar-refractivity contribution in [3.05, 3.63) is 69.3 Å². The number of hydrogen-bond donors (Lipinski definition) is 0. The number of carbonyl (C=O) groups is 2. The predicted molar refractivity (Wildman–Crippen MR) is 156 cm³/mol. The van der Waals surface area contributed by atoms with Gasteiger partial charge in [0.2, 0.25) is 0 Å². The van der Waals surface area contributed by atoms with Crippen LogP contribution in [0.25, 0.3) is 45.4 Å². The van der Waals surface area contributed by atoms with Crippen molar-refractivity contribution in [1.29, 1.82) is 0 Å². The van der Waals surface area contributed by atoms with Crippen molar-refractivity contribution >= 4 is 57.3 Å². The fraction of sp³-hybridized carbons (Fsp3) is 0.312. The molecule has 10 heteroatoms. The molecular weight excluding hydrogens is 596 g/mol. The molecule has 42 heavy (non-hydrogen) atoms. The number of esters is 2. The van der Waals surface area contributed by atoms with Crippen LogP contribution in [0.1, 0.15) is 71.7 Å². The zero-order valence-electron chi connectivity index (χ0n) is 24.4. The van der Waals surface area contributed by atoms with Gasteiger partial charge in [-0.05, 0) is 76.0 Å². The van der Waals surface area contributed by atoms with E-state index in [2.05, 4.69) is 0 Å². The van der Waals surface area contributed by atoms with Gasteiger partial charge in [-0.2, -0.15) is 0 Å². The van der Waals surface area contributed by atoms with Crippen LogP contribution in [0.15, 0.2) is 24.3 Å². The molecule has 8 bridgehead atoms. The number of allylic oxidation sites excluding steroid dienone is 2. The number of ether oxygens (including phenoxy) is 2. The Kier molecular flexibility index (Phi) is 10.6. The van der Waals surface area contributed by atoms with E-state index in [1.54, 1.807) is 0 Å². The molecule has 0 fully saturated rings. The standard InChI is InChI=1S/C32H32N4O4.ClH.Fe/c1-17-15-27-28-16-18(2)24(34-28)10-12-26-20(4)22(8-14-30(38)40-6)32(36-26)31-21(7-13-29(37)39-5)19(3)25(35-31)11-9-23(17)33-27;;/h9-12,15-16H,7-8,13-14H2,1-6H3;1H;/q-2;;+3/p-1. The summed E-state index contributed by atoms with van der Waals surface area (Å²) in [5.41, 5.74) is 12.3. The molecule has 0 atom stereocenters. The summed E-state index contributed by atoms with van der Waals surface area (Å²) in [7, 11) is 2.78. The number of aryl methyl sites for hydroxylation is 4. The second-order valence-corrected chi connectivity index (χ2v) is 10.1. The first-order chi connectivity index (χ1) is 19.2. The van der Waals surface area contributed by atoms with Gasteiger partial charge in [-0.15, -0.1) is 22.1 Å². The van der Waals surface area contributed by atoms with Crippen LogP contribution >= 0.6 is 0 Å². The maximum absolute atomic E-state index is 12.1. The molecule has 0 aromatic carbocycles. The Bertz CT molecular complexity index is 1640. The maximum atomic E-state index is 12.1. The van der Waals surface area contributed by atoms with Gasteiger partial charge in [0.1, 0.15) is 0 Å². The largest absolute Gasteiger partial charge is 3.00 e. The van der Waals surface area contributed by atoms with Crippen LogP contribution in [-0.4, -0.2) is 36.1 Å². The molecular formula is C32H32ClFeN4O4.